The molecule has 1 N–H and O–H groups in total. The number of anilines is 1. The molecular formula is C18H15ClFN3O3S. The van der Waals surface area contributed by atoms with Crippen LogP contribution >= 0.6 is 23.4 Å². The Kier molecular flexibility index (Phi) is 5.98. The van der Waals surface area contributed by atoms with Crippen molar-refractivity contribution in [1.82, 2.24) is 10.2 Å². The minimum Gasteiger partial charge on any atom is -0.495 e. The zero-order valence-electron chi connectivity index (χ0n) is 14.4. The van der Waals surface area contributed by atoms with Crippen molar-refractivity contribution >= 4 is 35.0 Å². The molecule has 6 nitrogen and oxygen atoms in total. The zero-order chi connectivity index (χ0) is 19.4. The molecule has 1 atom stereocenters. The van der Waals surface area contributed by atoms with E-state index in [1.807, 2.05) is 0 Å². The van der Waals surface area contributed by atoms with E-state index in [9.17, 15) is 9.18 Å². The number of nitrogens with zero attached hydrogens (tertiary/aromatic N) is 2. The number of nitrogens with one attached hydrogen (secondary N) is 1. The van der Waals surface area contributed by atoms with Crippen LogP contribution in [0, 0.1) is 5.82 Å². The highest BCUT2D eigenvalue weighted by molar-refractivity contribution is 8.00. The summed E-state index contributed by atoms with van der Waals surface area (Å²) in [4.78, 5) is 12.4. The van der Waals surface area contributed by atoms with Crippen molar-refractivity contribution in [1.29, 1.82) is 0 Å². The largest absolute Gasteiger partial charge is 0.495 e. The number of ether oxygens (including phenoxy) is 1. The summed E-state index contributed by atoms with van der Waals surface area (Å²) in [6, 6.07) is 10.6. The molecule has 9 heteroatoms. The first-order valence-electron chi connectivity index (χ1n) is 7.87. The van der Waals surface area contributed by atoms with Crippen LogP contribution in [0.15, 0.2) is 52.1 Å². The van der Waals surface area contributed by atoms with Crippen LogP contribution < -0.4 is 10.1 Å². The van der Waals surface area contributed by atoms with Crippen LogP contribution in [-0.4, -0.2) is 28.5 Å². The second kappa shape index (κ2) is 8.41. The lowest BCUT2D eigenvalue weighted by Gasteiger charge is -2.13. The third-order valence-corrected chi connectivity index (χ3v) is 4.73. The molecule has 1 amide bonds. The van der Waals surface area contributed by atoms with E-state index in [0.717, 1.165) is 11.8 Å². The lowest BCUT2D eigenvalue weighted by atomic mass is 10.2. The third-order valence-electron chi connectivity index (χ3n) is 3.56. The Morgan fingerprint density at radius 3 is 2.70 bits per heavy atom. The van der Waals surface area contributed by atoms with Gasteiger partial charge in [0.2, 0.25) is 11.8 Å². The average Bonchev–Trinajstić information content (AvgIpc) is 3.11. The van der Waals surface area contributed by atoms with Crippen LogP contribution in [0.3, 0.4) is 0 Å². The van der Waals surface area contributed by atoms with Crippen molar-refractivity contribution in [3.05, 3.63) is 53.3 Å². The molecule has 0 unspecified atom stereocenters. The molecule has 2 aromatic carbocycles. The van der Waals surface area contributed by atoms with E-state index in [1.165, 1.54) is 19.2 Å². The van der Waals surface area contributed by atoms with E-state index in [1.54, 1.807) is 37.3 Å². The molecule has 0 radical (unpaired) electrons. The first-order valence-corrected chi connectivity index (χ1v) is 9.12. The summed E-state index contributed by atoms with van der Waals surface area (Å²) in [5, 5.41) is 10.8. The molecule has 0 aliphatic carbocycles. The SMILES string of the molecule is COc1ccc(Cl)cc1NC(=O)[C@@H](C)Sc1nnc(-c2ccc(F)cc2)o1. The maximum atomic E-state index is 13.0. The Morgan fingerprint density at radius 2 is 2.00 bits per heavy atom. The number of amides is 1. The average molecular weight is 408 g/mol. The minimum atomic E-state index is -0.518. The highest BCUT2D eigenvalue weighted by atomic mass is 35.5. The summed E-state index contributed by atoms with van der Waals surface area (Å²) in [6.07, 6.45) is 0. The molecule has 0 saturated carbocycles. The molecule has 0 aliphatic heterocycles. The molecule has 3 aromatic rings. The van der Waals surface area contributed by atoms with Crippen molar-refractivity contribution in [2.45, 2.75) is 17.4 Å². The van der Waals surface area contributed by atoms with E-state index < -0.39 is 5.25 Å². The summed E-state index contributed by atoms with van der Waals surface area (Å²) in [7, 11) is 1.51. The smallest absolute Gasteiger partial charge is 0.277 e. The first-order chi connectivity index (χ1) is 13.0. The van der Waals surface area contributed by atoms with Gasteiger partial charge >= 0.3 is 0 Å². The number of carbonyl (C=O) groups is 1. The molecule has 1 heterocycles. The van der Waals surface area contributed by atoms with Gasteiger partial charge in [-0.25, -0.2) is 4.39 Å². The number of carbonyl (C=O) groups excluding carboxylic acids is 1. The number of hydrogen-bond acceptors (Lipinski definition) is 6. The molecule has 1 aromatic heterocycles. The monoisotopic (exact) mass is 407 g/mol. The Balaban J connectivity index is 1.67. The van der Waals surface area contributed by atoms with Gasteiger partial charge in [0.05, 0.1) is 18.0 Å². The Morgan fingerprint density at radius 1 is 1.26 bits per heavy atom. The van der Waals surface area contributed by atoms with Gasteiger partial charge in [-0.05, 0) is 49.4 Å². The van der Waals surface area contributed by atoms with Crippen molar-refractivity contribution in [3.8, 4) is 17.2 Å². The molecule has 0 spiro atoms. The highest BCUT2D eigenvalue weighted by Gasteiger charge is 2.20. The van der Waals surface area contributed by atoms with Crippen LogP contribution in [0.2, 0.25) is 5.02 Å². The van der Waals surface area contributed by atoms with E-state index >= 15 is 0 Å². The Bertz CT molecular complexity index is 949. The van der Waals surface area contributed by atoms with Crippen LogP contribution in [-0.2, 0) is 4.79 Å². The van der Waals surface area contributed by atoms with Gasteiger partial charge in [0.15, 0.2) is 0 Å². The highest BCUT2D eigenvalue weighted by Crippen LogP contribution is 2.30. The predicted molar refractivity (Wildman–Crippen MR) is 102 cm³/mol. The first kappa shape index (κ1) is 19.2. The predicted octanol–water partition coefficient (Wildman–Crippen LogP) is 4.66. The summed E-state index contributed by atoms with van der Waals surface area (Å²) in [5.41, 5.74) is 1.07. The van der Waals surface area contributed by atoms with E-state index in [2.05, 4.69) is 15.5 Å². The maximum absolute atomic E-state index is 13.0. The van der Waals surface area contributed by atoms with Crippen molar-refractivity contribution in [3.63, 3.8) is 0 Å². The van der Waals surface area contributed by atoms with E-state index in [4.69, 9.17) is 20.8 Å². The molecule has 0 saturated heterocycles. The molecule has 27 heavy (non-hydrogen) atoms. The standard InChI is InChI=1S/C18H15ClFN3O3S/c1-10(16(24)21-14-9-12(19)5-8-15(14)25-2)27-18-23-22-17(26-18)11-3-6-13(20)7-4-11/h3-10H,1-2H3,(H,21,24)/t10-/m1/s1. The summed E-state index contributed by atoms with van der Waals surface area (Å²) >= 11 is 7.08. The van der Waals surface area contributed by atoms with Gasteiger partial charge in [-0.3, -0.25) is 4.79 Å². The van der Waals surface area contributed by atoms with Crippen LogP contribution in [0.5, 0.6) is 5.75 Å². The van der Waals surface area contributed by atoms with Crippen molar-refractivity contribution in [2.75, 3.05) is 12.4 Å². The Labute approximate surface area is 164 Å². The fraction of sp³-hybridized carbons (Fsp3) is 0.167. The number of thioether (sulfide) groups is 1. The quantitative estimate of drug-likeness (QED) is 0.599. The molecule has 0 aliphatic rings. The summed E-state index contributed by atoms with van der Waals surface area (Å²) < 4.78 is 23.7. The van der Waals surface area contributed by atoms with Gasteiger partial charge in [-0.15, -0.1) is 10.2 Å². The van der Waals surface area contributed by atoms with Crippen LogP contribution in [0.4, 0.5) is 10.1 Å². The summed E-state index contributed by atoms with van der Waals surface area (Å²) in [5.74, 6) is 0.125. The zero-order valence-corrected chi connectivity index (χ0v) is 16.0. The Hall–Kier alpha value is -2.58. The second-order valence-electron chi connectivity index (χ2n) is 5.47. The van der Waals surface area contributed by atoms with Gasteiger partial charge in [-0.1, -0.05) is 23.4 Å². The van der Waals surface area contributed by atoms with E-state index in [0.29, 0.717) is 22.0 Å². The number of methoxy groups -OCH3 is 1. The number of aromatic nitrogens is 2. The number of halogens is 2. The van der Waals surface area contributed by atoms with Crippen LogP contribution in [0.25, 0.3) is 11.5 Å². The van der Waals surface area contributed by atoms with Gasteiger partial charge in [0, 0.05) is 10.6 Å². The van der Waals surface area contributed by atoms with Gasteiger partial charge in [-0.2, -0.15) is 0 Å². The van der Waals surface area contributed by atoms with Crippen molar-refractivity contribution < 1.29 is 18.3 Å². The maximum Gasteiger partial charge on any atom is 0.277 e. The molecular weight excluding hydrogens is 393 g/mol. The minimum absolute atomic E-state index is 0.232. The lowest BCUT2D eigenvalue weighted by molar-refractivity contribution is -0.115. The topological polar surface area (TPSA) is 77.2 Å². The van der Waals surface area contributed by atoms with Crippen molar-refractivity contribution in [2.24, 2.45) is 0 Å². The molecule has 3 rings (SSSR count). The van der Waals surface area contributed by atoms with Gasteiger partial charge < -0.3 is 14.5 Å². The van der Waals surface area contributed by atoms with E-state index in [-0.39, 0.29) is 22.8 Å². The summed E-state index contributed by atoms with van der Waals surface area (Å²) in [6.45, 7) is 1.71. The lowest BCUT2D eigenvalue weighted by Crippen LogP contribution is -2.22. The van der Waals surface area contributed by atoms with Crippen LogP contribution in [0.1, 0.15) is 6.92 Å². The number of rotatable bonds is 6. The van der Waals surface area contributed by atoms with Gasteiger partial charge in [0.25, 0.3) is 5.22 Å². The normalized spacial score (nSPS) is 11.9. The number of benzene rings is 2. The number of hydrogen-bond donors (Lipinski definition) is 1. The van der Waals surface area contributed by atoms with Gasteiger partial charge in [0.1, 0.15) is 11.6 Å². The molecule has 0 fully saturated rings. The second-order valence-corrected chi connectivity index (χ2v) is 7.20. The fourth-order valence-corrected chi connectivity index (χ4v) is 3.04. The fourth-order valence-electron chi connectivity index (χ4n) is 2.18. The molecule has 0 bridgehead atoms. The third kappa shape index (κ3) is 4.78. The molecule has 140 valence electrons.